The Morgan fingerprint density at radius 3 is 2.12 bits per heavy atom. The van der Waals surface area contributed by atoms with Crippen LogP contribution in [0.5, 0.6) is 0 Å². The summed E-state index contributed by atoms with van der Waals surface area (Å²) < 4.78 is 28.7. The Kier molecular flexibility index (Phi) is 7.77. The minimum atomic E-state index is -3.54. The number of benzene rings is 3. The standard InChI is InChI=1S/C27H30N4O2S/c1-23-12-14-25(15-13-23)21-34(32,33)31(19-24-8-4-2-5-9-24)17-16-30(20-26-18-28-22-29-26)27-10-6-3-7-11-27/h2-15,18,22H,16-17,19-21H2,1H3,(H,28,29). The first-order valence-corrected chi connectivity index (χ1v) is 12.9. The summed E-state index contributed by atoms with van der Waals surface area (Å²) in [6, 6.07) is 27.5. The number of sulfonamides is 1. The fourth-order valence-corrected chi connectivity index (χ4v) is 5.34. The molecule has 4 rings (SSSR count). The van der Waals surface area contributed by atoms with Crippen molar-refractivity contribution in [3.05, 3.63) is 120 Å². The molecule has 0 atom stereocenters. The van der Waals surface area contributed by atoms with Crippen LogP contribution in [0.3, 0.4) is 0 Å². The van der Waals surface area contributed by atoms with E-state index in [1.165, 1.54) is 0 Å². The molecular weight excluding hydrogens is 444 g/mol. The van der Waals surface area contributed by atoms with Crippen molar-refractivity contribution < 1.29 is 8.42 Å². The molecule has 6 nitrogen and oxygen atoms in total. The molecule has 1 aromatic heterocycles. The summed E-state index contributed by atoms with van der Waals surface area (Å²) >= 11 is 0. The number of hydrogen-bond acceptors (Lipinski definition) is 4. The smallest absolute Gasteiger partial charge is 0.218 e. The van der Waals surface area contributed by atoms with Crippen LogP contribution >= 0.6 is 0 Å². The lowest BCUT2D eigenvalue weighted by molar-refractivity contribution is 0.408. The van der Waals surface area contributed by atoms with E-state index in [4.69, 9.17) is 0 Å². The average Bonchev–Trinajstić information content (AvgIpc) is 3.36. The molecule has 0 radical (unpaired) electrons. The highest BCUT2D eigenvalue weighted by Crippen LogP contribution is 2.19. The minimum absolute atomic E-state index is 0.0218. The third kappa shape index (κ3) is 6.56. The van der Waals surface area contributed by atoms with Gasteiger partial charge in [-0.3, -0.25) is 0 Å². The van der Waals surface area contributed by atoms with Crippen molar-refractivity contribution in [3.63, 3.8) is 0 Å². The Labute approximate surface area is 202 Å². The minimum Gasteiger partial charge on any atom is -0.364 e. The zero-order chi connectivity index (χ0) is 23.8. The van der Waals surface area contributed by atoms with Crippen molar-refractivity contribution in [1.29, 1.82) is 0 Å². The number of anilines is 1. The molecule has 1 N–H and O–H groups in total. The maximum Gasteiger partial charge on any atom is 0.218 e. The van der Waals surface area contributed by atoms with Gasteiger partial charge in [0, 0.05) is 31.5 Å². The molecule has 0 aliphatic carbocycles. The van der Waals surface area contributed by atoms with Gasteiger partial charge in [-0.25, -0.2) is 13.4 Å². The summed E-state index contributed by atoms with van der Waals surface area (Å²) in [6.45, 7) is 3.86. The lowest BCUT2D eigenvalue weighted by Crippen LogP contribution is -2.39. The number of aromatic nitrogens is 2. The Bertz CT molecular complexity index is 1240. The van der Waals surface area contributed by atoms with E-state index in [1.54, 1.807) is 16.8 Å². The molecule has 0 saturated carbocycles. The molecule has 34 heavy (non-hydrogen) atoms. The van der Waals surface area contributed by atoms with Gasteiger partial charge in [0.2, 0.25) is 10.0 Å². The molecule has 0 aliphatic heterocycles. The van der Waals surface area contributed by atoms with Gasteiger partial charge in [0.25, 0.3) is 0 Å². The van der Waals surface area contributed by atoms with E-state index in [9.17, 15) is 8.42 Å². The highest BCUT2D eigenvalue weighted by molar-refractivity contribution is 7.88. The predicted octanol–water partition coefficient (Wildman–Crippen LogP) is 4.76. The van der Waals surface area contributed by atoms with E-state index >= 15 is 0 Å². The summed E-state index contributed by atoms with van der Waals surface area (Å²) in [7, 11) is -3.54. The van der Waals surface area contributed by atoms with Gasteiger partial charge in [0.15, 0.2) is 0 Å². The molecule has 0 fully saturated rings. The van der Waals surface area contributed by atoms with Crippen molar-refractivity contribution in [2.75, 3.05) is 18.0 Å². The number of nitrogens with one attached hydrogen (secondary N) is 1. The average molecular weight is 475 g/mol. The summed E-state index contributed by atoms with van der Waals surface area (Å²) in [6.07, 6.45) is 3.46. The Morgan fingerprint density at radius 1 is 0.794 bits per heavy atom. The van der Waals surface area contributed by atoms with Crippen molar-refractivity contribution in [3.8, 4) is 0 Å². The van der Waals surface area contributed by atoms with E-state index in [2.05, 4.69) is 14.9 Å². The zero-order valence-corrected chi connectivity index (χ0v) is 20.2. The van der Waals surface area contributed by atoms with E-state index in [0.29, 0.717) is 26.2 Å². The summed E-state index contributed by atoms with van der Waals surface area (Å²) in [5.41, 5.74) is 4.88. The Balaban J connectivity index is 1.56. The first kappa shape index (κ1) is 23.7. The largest absolute Gasteiger partial charge is 0.364 e. The maximum absolute atomic E-state index is 13.5. The molecule has 0 amide bonds. The monoisotopic (exact) mass is 474 g/mol. The van der Waals surface area contributed by atoms with Gasteiger partial charge in [-0.15, -0.1) is 0 Å². The number of para-hydroxylation sites is 1. The highest BCUT2D eigenvalue weighted by Gasteiger charge is 2.24. The molecule has 3 aromatic carbocycles. The van der Waals surface area contributed by atoms with Crippen LogP contribution in [0.2, 0.25) is 0 Å². The van der Waals surface area contributed by atoms with Crippen LogP contribution < -0.4 is 4.90 Å². The number of H-pyrrole nitrogens is 1. The van der Waals surface area contributed by atoms with Gasteiger partial charge >= 0.3 is 0 Å². The summed E-state index contributed by atoms with van der Waals surface area (Å²) in [4.78, 5) is 9.44. The van der Waals surface area contributed by atoms with Gasteiger partial charge in [0.1, 0.15) is 0 Å². The van der Waals surface area contributed by atoms with Gasteiger partial charge in [-0.1, -0.05) is 78.4 Å². The number of aryl methyl sites for hydroxylation is 1. The maximum atomic E-state index is 13.5. The molecule has 176 valence electrons. The number of aromatic amines is 1. The summed E-state index contributed by atoms with van der Waals surface area (Å²) in [5.74, 6) is -0.0218. The Morgan fingerprint density at radius 2 is 1.47 bits per heavy atom. The SMILES string of the molecule is Cc1ccc(CS(=O)(=O)N(CCN(Cc2cnc[nH]2)c2ccccc2)Cc2ccccc2)cc1. The normalized spacial score (nSPS) is 11.6. The lowest BCUT2D eigenvalue weighted by atomic mass is 10.2. The van der Waals surface area contributed by atoms with Crippen LogP contribution in [-0.2, 0) is 28.9 Å². The van der Waals surface area contributed by atoms with Crippen LogP contribution in [0.4, 0.5) is 5.69 Å². The number of hydrogen-bond donors (Lipinski definition) is 1. The van der Waals surface area contributed by atoms with Crippen LogP contribution in [0.25, 0.3) is 0 Å². The lowest BCUT2D eigenvalue weighted by Gasteiger charge is -2.29. The second-order valence-corrected chi connectivity index (χ2v) is 10.4. The quantitative estimate of drug-likeness (QED) is 0.340. The molecule has 0 spiro atoms. The van der Waals surface area contributed by atoms with Crippen LogP contribution in [-0.4, -0.2) is 35.8 Å². The van der Waals surface area contributed by atoms with Crippen molar-refractivity contribution in [2.24, 2.45) is 0 Å². The first-order valence-electron chi connectivity index (χ1n) is 11.3. The zero-order valence-electron chi connectivity index (χ0n) is 19.3. The fraction of sp³-hybridized carbons (Fsp3) is 0.222. The number of nitrogens with zero attached hydrogens (tertiary/aromatic N) is 3. The van der Waals surface area contributed by atoms with Crippen molar-refractivity contribution >= 4 is 15.7 Å². The van der Waals surface area contributed by atoms with E-state index in [-0.39, 0.29) is 5.75 Å². The first-order chi connectivity index (χ1) is 16.5. The van der Waals surface area contributed by atoms with Crippen molar-refractivity contribution in [2.45, 2.75) is 25.8 Å². The number of imidazole rings is 1. The predicted molar refractivity (Wildman–Crippen MR) is 137 cm³/mol. The van der Waals surface area contributed by atoms with E-state index in [1.807, 2.05) is 91.9 Å². The molecule has 0 aliphatic rings. The van der Waals surface area contributed by atoms with Gasteiger partial charge < -0.3 is 9.88 Å². The third-order valence-electron chi connectivity index (χ3n) is 5.72. The molecule has 0 unspecified atom stereocenters. The van der Waals surface area contributed by atoms with Crippen LogP contribution in [0.15, 0.2) is 97.5 Å². The number of rotatable bonds is 11. The van der Waals surface area contributed by atoms with Crippen molar-refractivity contribution in [1.82, 2.24) is 14.3 Å². The molecule has 7 heteroatoms. The van der Waals surface area contributed by atoms with Crippen LogP contribution in [0, 0.1) is 6.92 Å². The second kappa shape index (κ2) is 11.1. The second-order valence-electron chi connectivity index (χ2n) is 8.39. The van der Waals surface area contributed by atoms with Gasteiger partial charge in [-0.2, -0.15) is 4.31 Å². The molecular formula is C27H30N4O2S. The molecule has 0 bridgehead atoms. The molecule has 1 heterocycles. The topological polar surface area (TPSA) is 69.3 Å². The Hall–Kier alpha value is -3.42. The molecule has 0 saturated heterocycles. The van der Waals surface area contributed by atoms with Crippen LogP contribution in [0.1, 0.15) is 22.4 Å². The van der Waals surface area contributed by atoms with E-state index in [0.717, 1.165) is 28.1 Å². The van der Waals surface area contributed by atoms with E-state index < -0.39 is 10.0 Å². The van der Waals surface area contributed by atoms with Gasteiger partial charge in [-0.05, 0) is 30.2 Å². The summed E-state index contributed by atoms with van der Waals surface area (Å²) in [5, 5.41) is 0. The fourth-order valence-electron chi connectivity index (χ4n) is 3.84. The van der Waals surface area contributed by atoms with Gasteiger partial charge in [0.05, 0.1) is 24.3 Å². The highest BCUT2D eigenvalue weighted by atomic mass is 32.2. The molecule has 4 aromatic rings. The third-order valence-corrected chi connectivity index (χ3v) is 7.52.